The van der Waals surface area contributed by atoms with Crippen LogP contribution in [0, 0.1) is 0 Å². The summed E-state index contributed by atoms with van der Waals surface area (Å²) in [4.78, 5) is 13.4. The van der Waals surface area contributed by atoms with Crippen LogP contribution < -0.4 is 24.7 Å². The lowest BCUT2D eigenvalue weighted by molar-refractivity contribution is -0.0154. The molecule has 0 aliphatic carbocycles. The van der Waals surface area contributed by atoms with Gasteiger partial charge in [0.05, 0.1) is 19.3 Å². The Bertz CT molecular complexity index is 1090. The number of tetrazole rings is 1. The Morgan fingerprint density at radius 1 is 1.25 bits per heavy atom. The lowest BCUT2D eigenvalue weighted by Crippen LogP contribution is -2.51. The zero-order chi connectivity index (χ0) is 22.6. The van der Waals surface area contributed by atoms with Crippen molar-refractivity contribution in [2.45, 2.75) is 31.9 Å². The molecular formula is C22H25N5O5. The van der Waals surface area contributed by atoms with Gasteiger partial charge < -0.3 is 18.9 Å². The molecule has 1 aliphatic heterocycles. The number of H-pyrrole nitrogens is 1. The Hall–Kier alpha value is -3.66. The molecule has 10 heteroatoms. The minimum Gasteiger partial charge on any atom is -0.493 e. The molecule has 3 N–H and O–H groups in total. The summed E-state index contributed by atoms with van der Waals surface area (Å²) in [6.07, 6.45) is 3.15. The highest BCUT2D eigenvalue weighted by Gasteiger charge is 2.41. The number of ether oxygens (including phenoxy) is 4. The maximum absolute atomic E-state index is 13.4. The molecule has 32 heavy (non-hydrogen) atoms. The highest BCUT2D eigenvalue weighted by molar-refractivity contribution is 6.11. The zero-order valence-electron chi connectivity index (χ0n) is 18.0. The van der Waals surface area contributed by atoms with Gasteiger partial charge in [-0.1, -0.05) is 25.8 Å². The third kappa shape index (κ3) is 4.22. The molecule has 1 aliphatic rings. The summed E-state index contributed by atoms with van der Waals surface area (Å²) >= 11 is 0. The second-order valence-electron chi connectivity index (χ2n) is 7.40. The van der Waals surface area contributed by atoms with Gasteiger partial charge in [0.25, 0.3) is 5.72 Å². The molecule has 2 aromatic carbocycles. The van der Waals surface area contributed by atoms with Crippen LogP contribution in [-0.2, 0) is 5.72 Å². The number of nitrogens with zero attached hydrogens (tertiary/aromatic N) is 3. The second kappa shape index (κ2) is 9.23. The number of aromatic nitrogens is 4. The number of nitrogens with one attached hydrogen (secondary N) is 1. The van der Waals surface area contributed by atoms with Crippen molar-refractivity contribution in [1.29, 1.82) is 0 Å². The molecule has 1 atom stereocenters. The molecule has 0 bridgehead atoms. The third-order valence-corrected chi connectivity index (χ3v) is 5.10. The first kappa shape index (κ1) is 21.6. The number of para-hydroxylation sites is 1. The monoisotopic (exact) mass is 439 g/mol. The molecule has 0 radical (unpaired) electrons. The summed E-state index contributed by atoms with van der Waals surface area (Å²) in [5.74, 6) is 1.54. The standard InChI is InChI=1S/C22H25N5O5/c1-3-4-5-11-30-16-10-9-14(12-18(16)29-2)19(28)15-7-6-8-17-20(15)32-22(23,13-31-17)21-24-26-27-25-21/h6-10,12H,3-5,11,13,23H2,1-2H3,(H,24,25,26,27). The van der Waals surface area contributed by atoms with E-state index >= 15 is 0 Å². The molecule has 0 amide bonds. The second-order valence-corrected chi connectivity index (χ2v) is 7.40. The quantitative estimate of drug-likeness (QED) is 0.381. The first-order chi connectivity index (χ1) is 15.6. The van der Waals surface area contributed by atoms with Gasteiger partial charge in [0.1, 0.15) is 6.61 Å². The number of rotatable bonds is 9. The summed E-state index contributed by atoms with van der Waals surface area (Å²) < 4.78 is 23.0. The fourth-order valence-electron chi connectivity index (χ4n) is 3.38. The van der Waals surface area contributed by atoms with Crippen LogP contribution in [0.25, 0.3) is 0 Å². The van der Waals surface area contributed by atoms with Gasteiger partial charge in [0, 0.05) is 5.56 Å². The molecule has 0 saturated heterocycles. The van der Waals surface area contributed by atoms with Gasteiger partial charge in [0.15, 0.2) is 28.8 Å². The molecule has 3 aromatic rings. The lowest BCUT2D eigenvalue weighted by Gasteiger charge is -2.33. The van der Waals surface area contributed by atoms with E-state index in [-0.39, 0.29) is 24.0 Å². The summed E-state index contributed by atoms with van der Waals surface area (Å²) in [5.41, 5.74) is 5.52. The largest absolute Gasteiger partial charge is 0.493 e. The number of benzene rings is 2. The number of hydrogen-bond acceptors (Lipinski definition) is 9. The van der Waals surface area contributed by atoms with Crippen LogP contribution in [0.15, 0.2) is 36.4 Å². The summed E-state index contributed by atoms with van der Waals surface area (Å²) in [6.45, 7) is 2.69. The van der Waals surface area contributed by atoms with Gasteiger partial charge in [-0.05, 0) is 42.0 Å². The Labute approximate surface area is 185 Å². The summed E-state index contributed by atoms with van der Waals surface area (Å²) in [5, 5.41) is 13.6. The van der Waals surface area contributed by atoms with Crippen molar-refractivity contribution >= 4 is 5.78 Å². The van der Waals surface area contributed by atoms with Crippen LogP contribution in [0.1, 0.15) is 47.9 Å². The van der Waals surface area contributed by atoms with Crippen LogP contribution in [0.5, 0.6) is 23.0 Å². The number of nitrogens with two attached hydrogens (primary N) is 1. The minimum absolute atomic E-state index is 0.0327. The molecule has 0 fully saturated rings. The molecular weight excluding hydrogens is 414 g/mol. The Morgan fingerprint density at radius 3 is 2.88 bits per heavy atom. The van der Waals surface area contributed by atoms with E-state index in [1.807, 2.05) is 0 Å². The first-order valence-electron chi connectivity index (χ1n) is 10.4. The van der Waals surface area contributed by atoms with Crippen molar-refractivity contribution in [3.05, 3.63) is 53.3 Å². The number of methoxy groups -OCH3 is 1. The van der Waals surface area contributed by atoms with E-state index in [9.17, 15) is 4.79 Å². The SMILES string of the molecule is CCCCCOc1ccc(C(=O)c2cccc3c2OC(N)(c2nn[nH]n2)CO3)cc1OC. The molecule has 1 aromatic heterocycles. The van der Waals surface area contributed by atoms with Gasteiger partial charge in [-0.25, -0.2) is 0 Å². The Kier molecular flexibility index (Phi) is 6.22. The predicted octanol–water partition coefficient (Wildman–Crippen LogP) is 2.59. The lowest BCUT2D eigenvalue weighted by atomic mass is 10.0. The van der Waals surface area contributed by atoms with E-state index in [0.29, 0.717) is 35.0 Å². The van der Waals surface area contributed by atoms with Gasteiger partial charge in [-0.15, -0.1) is 10.2 Å². The van der Waals surface area contributed by atoms with E-state index in [4.69, 9.17) is 24.7 Å². The van der Waals surface area contributed by atoms with Crippen molar-refractivity contribution in [2.24, 2.45) is 5.73 Å². The number of carbonyl (C=O) groups excluding carboxylic acids is 1. The van der Waals surface area contributed by atoms with Gasteiger partial charge >= 0.3 is 0 Å². The van der Waals surface area contributed by atoms with Crippen molar-refractivity contribution < 1.29 is 23.7 Å². The van der Waals surface area contributed by atoms with Crippen LogP contribution in [0.4, 0.5) is 0 Å². The van der Waals surface area contributed by atoms with Gasteiger partial charge in [0.2, 0.25) is 5.82 Å². The molecule has 1 unspecified atom stereocenters. The maximum atomic E-state index is 13.4. The molecule has 2 heterocycles. The average Bonchev–Trinajstić information content (AvgIpc) is 3.37. The fraction of sp³-hybridized carbons (Fsp3) is 0.364. The number of unbranched alkanes of at least 4 members (excludes halogenated alkanes) is 2. The molecule has 168 valence electrons. The Morgan fingerprint density at radius 2 is 2.12 bits per heavy atom. The van der Waals surface area contributed by atoms with Gasteiger partial charge in [-0.2, -0.15) is 5.21 Å². The number of hydrogen-bond donors (Lipinski definition) is 2. The first-order valence-corrected chi connectivity index (χ1v) is 10.4. The minimum atomic E-state index is -1.48. The smallest absolute Gasteiger partial charge is 0.257 e. The van der Waals surface area contributed by atoms with E-state index in [1.54, 1.807) is 36.4 Å². The normalized spacial score (nSPS) is 17.1. The highest BCUT2D eigenvalue weighted by Crippen LogP contribution is 2.40. The van der Waals surface area contributed by atoms with Crippen LogP contribution in [0.2, 0.25) is 0 Å². The zero-order valence-corrected chi connectivity index (χ0v) is 18.0. The fourth-order valence-corrected chi connectivity index (χ4v) is 3.38. The van der Waals surface area contributed by atoms with Crippen molar-refractivity contribution in [1.82, 2.24) is 20.6 Å². The van der Waals surface area contributed by atoms with Crippen molar-refractivity contribution in [2.75, 3.05) is 20.3 Å². The summed E-state index contributed by atoms with van der Waals surface area (Å²) in [7, 11) is 1.54. The molecule has 0 spiro atoms. The Balaban J connectivity index is 1.61. The number of carbonyl (C=O) groups is 1. The maximum Gasteiger partial charge on any atom is 0.257 e. The van der Waals surface area contributed by atoms with E-state index in [2.05, 4.69) is 27.5 Å². The molecule has 4 rings (SSSR count). The molecule has 0 saturated carbocycles. The van der Waals surface area contributed by atoms with Crippen LogP contribution >= 0.6 is 0 Å². The van der Waals surface area contributed by atoms with Crippen LogP contribution in [0.3, 0.4) is 0 Å². The molecule has 10 nitrogen and oxygen atoms in total. The van der Waals surface area contributed by atoms with Crippen LogP contribution in [-0.4, -0.2) is 46.7 Å². The van der Waals surface area contributed by atoms with Crippen molar-refractivity contribution in [3.8, 4) is 23.0 Å². The highest BCUT2D eigenvalue weighted by atomic mass is 16.6. The third-order valence-electron chi connectivity index (χ3n) is 5.10. The topological polar surface area (TPSA) is 134 Å². The average molecular weight is 439 g/mol. The number of aromatic amines is 1. The van der Waals surface area contributed by atoms with E-state index < -0.39 is 5.72 Å². The predicted molar refractivity (Wildman–Crippen MR) is 114 cm³/mol. The van der Waals surface area contributed by atoms with Gasteiger partial charge in [-0.3, -0.25) is 10.5 Å². The van der Waals surface area contributed by atoms with E-state index in [0.717, 1.165) is 19.3 Å². The van der Waals surface area contributed by atoms with E-state index in [1.165, 1.54) is 7.11 Å². The number of fused-ring (bicyclic) bond motifs is 1. The van der Waals surface area contributed by atoms with Crippen molar-refractivity contribution in [3.63, 3.8) is 0 Å². The number of ketones is 1. The summed E-state index contributed by atoms with van der Waals surface area (Å²) in [6, 6.07) is 10.1.